The zero-order valence-corrected chi connectivity index (χ0v) is 16.3. The summed E-state index contributed by atoms with van der Waals surface area (Å²) in [6, 6.07) is 12.3. The molecule has 0 saturated carbocycles. The summed E-state index contributed by atoms with van der Waals surface area (Å²) in [4.78, 5) is 39.9. The van der Waals surface area contributed by atoms with E-state index in [4.69, 9.17) is 21.1 Å². The normalized spacial score (nSPS) is 18.1. The van der Waals surface area contributed by atoms with Gasteiger partial charge in [0.05, 0.1) is 31.2 Å². The van der Waals surface area contributed by atoms with Gasteiger partial charge in [0.1, 0.15) is 5.75 Å². The Labute approximate surface area is 171 Å². The second kappa shape index (κ2) is 7.14. The number of anilines is 2. The van der Waals surface area contributed by atoms with Gasteiger partial charge >= 0.3 is 5.97 Å². The number of nitrogens with one attached hydrogen (secondary N) is 1. The number of nitrogens with zero attached hydrogens (tertiary/aromatic N) is 2. The molecule has 0 radical (unpaired) electrons. The Morgan fingerprint density at radius 1 is 1.10 bits per heavy atom. The highest BCUT2D eigenvalue weighted by Gasteiger charge is 2.54. The van der Waals surface area contributed by atoms with Crippen molar-refractivity contribution in [1.29, 1.82) is 0 Å². The van der Waals surface area contributed by atoms with E-state index in [0.29, 0.717) is 22.1 Å². The van der Waals surface area contributed by atoms with Crippen LogP contribution in [0.4, 0.5) is 11.4 Å². The number of carbonyl (C=O) groups excluding carboxylic acids is 3. The molecular formula is C20H16ClN3O5. The number of para-hydroxylation sites is 2. The minimum atomic E-state index is -1.06. The second-order valence-electron chi connectivity index (χ2n) is 6.30. The van der Waals surface area contributed by atoms with Crippen molar-refractivity contribution in [2.24, 2.45) is 0 Å². The van der Waals surface area contributed by atoms with Crippen LogP contribution in [0.25, 0.3) is 0 Å². The number of halogens is 1. The number of rotatable bonds is 4. The van der Waals surface area contributed by atoms with E-state index in [2.05, 4.69) is 5.43 Å². The van der Waals surface area contributed by atoms with Crippen LogP contribution in [-0.4, -0.2) is 38.0 Å². The molecule has 1 atom stereocenters. The van der Waals surface area contributed by atoms with Crippen molar-refractivity contribution in [1.82, 2.24) is 5.43 Å². The van der Waals surface area contributed by atoms with Crippen LogP contribution in [0.2, 0.25) is 5.02 Å². The lowest BCUT2D eigenvalue weighted by Gasteiger charge is -2.26. The van der Waals surface area contributed by atoms with E-state index in [9.17, 15) is 14.4 Å². The minimum absolute atomic E-state index is 0.00716. The quantitative estimate of drug-likeness (QED) is 0.606. The Bertz CT molecular complexity index is 1070. The predicted octanol–water partition coefficient (Wildman–Crippen LogP) is 2.04. The zero-order chi connectivity index (χ0) is 20.7. The van der Waals surface area contributed by atoms with E-state index in [-0.39, 0.29) is 11.3 Å². The minimum Gasteiger partial charge on any atom is -0.495 e. The number of hydrogen-bond acceptors (Lipinski definition) is 7. The van der Waals surface area contributed by atoms with Gasteiger partial charge in [-0.05, 0) is 30.3 Å². The first-order valence-electron chi connectivity index (χ1n) is 8.63. The van der Waals surface area contributed by atoms with E-state index in [0.717, 1.165) is 4.90 Å². The zero-order valence-electron chi connectivity index (χ0n) is 15.5. The molecule has 2 aromatic rings. The number of imide groups is 1. The first-order chi connectivity index (χ1) is 14.0. The van der Waals surface area contributed by atoms with Crippen LogP contribution in [0.15, 0.2) is 59.8 Å². The van der Waals surface area contributed by atoms with Crippen molar-refractivity contribution in [3.8, 4) is 5.75 Å². The highest BCUT2D eigenvalue weighted by molar-refractivity contribution is 6.34. The van der Waals surface area contributed by atoms with Gasteiger partial charge in [-0.3, -0.25) is 20.0 Å². The maximum atomic E-state index is 13.3. The Balaban J connectivity index is 1.85. The highest BCUT2D eigenvalue weighted by atomic mass is 35.5. The largest absolute Gasteiger partial charge is 0.495 e. The lowest BCUT2D eigenvalue weighted by molar-refractivity contribution is -0.136. The molecule has 148 valence electrons. The molecule has 2 amide bonds. The van der Waals surface area contributed by atoms with Crippen LogP contribution in [-0.2, 0) is 19.1 Å². The van der Waals surface area contributed by atoms with Gasteiger partial charge in [0.25, 0.3) is 11.8 Å². The second-order valence-corrected chi connectivity index (χ2v) is 6.73. The number of carbonyl (C=O) groups is 3. The van der Waals surface area contributed by atoms with Crippen LogP contribution in [0.1, 0.15) is 0 Å². The third-order valence-electron chi connectivity index (χ3n) is 4.72. The standard InChI is InChI=1S/C20H16ClN3O5/c1-28-14-9-4-3-8-13(14)23-18(25)15-16(20(27)29-2)22-24(17(15)19(23)26)12-7-5-6-11(21)10-12/h3-10,17,22H,1-2H3/t17-/m0/s1. The van der Waals surface area contributed by atoms with Gasteiger partial charge < -0.3 is 9.47 Å². The Morgan fingerprint density at radius 2 is 1.86 bits per heavy atom. The molecule has 1 fully saturated rings. The van der Waals surface area contributed by atoms with Gasteiger partial charge in [-0.25, -0.2) is 9.69 Å². The van der Waals surface area contributed by atoms with Crippen molar-refractivity contribution < 1.29 is 23.9 Å². The molecule has 4 rings (SSSR count). The number of hydrazine groups is 1. The summed E-state index contributed by atoms with van der Waals surface area (Å²) in [6.45, 7) is 0. The topological polar surface area (TPSA) is 88.2 Å². The molecule has 0 aromatic heterocycles. The van der Waals surface area contributed by atoms with E-state index < -0.39 is 23.8 Å². The number of ether oxygens (including phenoxy) is 2. The number of esters is 1. The van der Waals surface area contributed by atoms with Crippen LogP contribution in [0.3, 0.4) is 0 Å². The van der Waals surface area contributed by atoms with Gasteiger partial charge in [-0.1, -0.05) is 29.8 Å². The molecular weight excluding hydrogens is 398 g/mol. The van der Waals surface area contributed by atoms with E-state index in [1.54, 1.807) is 48.5 Å². The molecule has 0 unspecified atom stereocenters. The fourth-order valence-electron chi connectivity index (χ4n) is 3.45. The molecule has 8 nitrogen and oxygen atoms in total. The third kappa shape index (κ3) is 2.89. The van der Waals surface area contributed by atoms with Crippen molar-refractivity contribution in [2.45, 2.75) is 6.04 Å². The summed E-state index contributed by atoms with van der Waals surface area (Å²) >= 11 is 6.08. The SMILES string of the molecule is COC(=O)C1=C2C(=O)N(c3ccccc3OC)C(=O)[C@H]2N(c2cccc(Cl)c2)N1. The number of benzene rings is 2. The maximum absolute atomic E-state index is 13.3. The number of fused-ring (bicyclic) bond motifs is 1. The van der Waals surface area contributed by atoms with Gasteiger partial charge in [0.15, 0.2) is 11.7 Å². The molecule has 0 bridgehead atoms. The van der Waals surface area contributed by atoms with E-state index in [1.807, 2.05) is 0 Å². The molecule has 2 aromatic carbocycles. The molecule has 9 heteroatoms. The number of methoxy groups -OCH3 is 2. The van der Waals surface area contributed by atoms with Crippen molar-refractivity contribution in [3.05, 3.63) is 64.8 Å². The maximum Gasteiger partial charge on any atom is 0.356 e. The Morgan fingerprint density at radius 3 is 2.55 bits per heavy atom. The van der Waals surface area contributed by atoms with Gasteiger partial charge in [-0.15, -0.1) is 0 Å². The first kappa shape index (κ1) is 18.8. The Kier molecular flexibility index (Phi) is 4.63. The molecule has 1 N–H and O–H groups in total. The summed E-state index contributed by atoms with van der Waals surface area (Å²) in [6.07, 6.45) is 0. The average molecular weight is 414 g/mol. The third-order valence-corrected chi connectivity index (χ3v) is 4.96. The summed E-state index contributed by atoms with van der Waals surface area (Å²) < 4.78 is 10.1. The van der Waals surface area contributed by atoms with Gasteiger partial charge in [0, 0.05) is 5.02 Å². The van der Waals surface area contributed by atoms with Crippen LogP contribution in [0.5, 0.6) is 5.75 Å². The predicted molar refractivity (Wildman–Crippen MR) is 105 cm³/mol. The van der Waals surface area contributed by atoms with E-state index in [1.165, 1.54) is 19.2 Å². The van der Waals surface area contributed by atoms with Crippen molar-refractivity contribution in [3.63, 3.8) is 0 Å². The lowest BCUT2D eigenvalue weighted by atomic mass is 10.1. The van der Waals surface area contributed by atoms with Crippen LogP contribution < -0.4 is 20.1 Å². The fraction of sp³-hybridized carbons (Fsp3) is 0.150. The fourth-order valence-corrected chi connectivity index (χ4v) is 3.64. The summed E-state index contributed by atoms with van der Waals surface area (Å²) in [5.74, 6) is -1.54. The first-order valence-corrected chi connectivity index (χ1v) is 9.01. The van der Waals surface area contributed by atoms with Gasteiger partial charge in [-0.2, -0.15) is 0 Å². The molecule has 2 aliphatic heterocycles. The smallest absolute Gasteiger partial charge is 0.356 e. The highest BCUT2D eigenvalue weighted by Crippen LogP contribution is 2.39. The number of hydrogen-bond donors (Lipinski definition) is 1. The van der Waals surface area contributed by atoms with Crippen molar-refractivity contribution >= 4 is 40.8 Å². The summed E-state index contributed by atoms with van der Waals surface area (Å²) in [5.41, 5.74) is 3.56. The molecule has 0 aliphatic carbocycles. The Hall–Kier alpha value is -3.52. The van der Waals surface area contributed by atoms with E-state index >= 15 is 0 Å². The lowest BCUT2D eigenvalue weighted by Crippen LogP contribution is -2.46. The average Bonchev–Trinajstić information content (AvgIpc) is 3.24. The van der Waals surface area contributed by atoms with Crippen LogP contribution >= 0.6 is 11.6 Å². The summed E-state index contributed by atoms with van der Waals surface area (Å²) in [5, 5.41) is 1.87. The van der Waals surface area contributed by atoms with Crippen LogP contribution in [0, 0.1) is 0 Å². The molecule has 29 heavy (non-hydrogen) atoms. The number of amides is 2. The van der Waals surface area contributed by atoms with Gasteiger partial charge in [0.2, 0.25) is 0 Å². The van der Waals surface area contributed by atoms with Crippen molar-refractivity contribution in [2.75, 3.05) is 24.1 Å². The monoisotopic (exact) mass is 413 g/mol. The molecule has 2 aliphatic rings. The molecule has 0 spiro atoms. The molecule has 2 heterocycles. The summed E-state index contributed by atoms with van der Waals surface area (Å²) in [7, 11) is 2.65. The molecule has 1 saturated heterocycles.